The van der Waals surface area contributed by atoms with Crippen LogP contribution < -0.4 is 10.6 Å². The maximum atomic E-state index is 11.7. The SMILES string of the molecule is CCC(CC)(CNC(=O)NCc1ccnn1C)C(=O)O. The van der Waals surface area contributed by atoms with Crippen LogP contribution in [0.4, 0.5) is 4.79 Å². The average molecular weight is 282 g/mol. The van der Waals surface area contributed by atoms with Gasteiger partial charge >= 0.3 is 12.0 Å². The number of urea groups is 1. The summed E-state index contributed by atoms with van der Waals surface area (Å²) in [5.41, 5.74) is -0.0280. The molecule has 0 fully saturated rings. The number of carboxylic acid groups (broad SMARTS) is 1. The first-order valence-electron chi connectivity index (χ1n) is 6.67. The van der Waals surface area contributed by atoms with Crippen molar-refractivity contribution in [2.75, 3.05) is 6.54 Å². The molecule has 0 aliphatic rings. The molecule has 7 heteroatoms. The van der Waals surface area contributed by atoms with Gasteiger partial charge in [-0.3, -0.25) is 9.48 Å². The number of carbonyl (C=O) groups is 2. The number of hydrogen-bond acceptors (Lipinski definition) is 3. The van der Waals surface area contributed by atoms with Crippen LogP contribution in [0.5, 0.6) is 0 Å². The van der Waals surface area contributed by atoms with Crippen LogP contribution in [0.2, 0.25) is 0 Å². The first-order valence-corrected chi connectivity index (χ1v) is 6.67. The van der Waals surface area contributed by atoms with Gasteiger partial charge in [0.15, 0.2) is 0 Å². The molecule has 0 unspecified atom stereocenters. The highest BCUT2D eigenvalue weighted by Gasteiger charge is 2.35. The molecule has 0 atom stereocenters. The molecule has 0 aromatic carbocycles. The van der Waals surface area contributed by atoms with E-state index in [9.17, 15) is 14.7 Å². The monoisotopic (exact) mass is 282 g/mol. The Morgan fingerprint density at radius 3 is 2.45 bits per heavy atom. The third-order valence-electron chi connectivity index (χ3n) is 3.75. The highest BCUT2D eigenvalue weighted by Crippen LogP contribution is 2.25. The van der Waals surface area contributed by atoms with E-state index < -0.39 is 11.4 Å². The molecule has 20 heavy (non-hydrogen) atoms. The van der Waals surface area contributed by atoms with Crippen LogP contribution in [0.1, 0.15) is 32.4 Å². The predicted octanol–water partition coefficient (Wildman–Crippen LogP) is 1.11. The number of amides is 2. The van der Waals surface area contributed by atoms with Crippen LogP contribution in [0.3, 0.4) is 0 Å². The van der Waals surface area contributed by atoms with Crippen molar-refractivity contribution in [3.05, 3.63) is 18.0 Å². The molecule has 0 spiro atoms. The van der Waals surface area contributed by atoms with Gasteiger partial charge in [-0.15, -0.1) is 0 Å². The van der Waals surface area contributed by atoms with E-state index in [2.05, 4.69) is 15.7 Å². The Bertz CT molecular complexity index is 466. The molecule has 0 aliphatic carbocycles. The van der Waals surface area contributed by atoms with Gasteiger partial charge in [-0.05, 0) is 18.9 Å². The Kier molecular flexibility index (Phi) is 5.54. The number of nitrogens with zero attached hydrogens (tertiary/aromatic N) is 2. The number of carboxylic acids is 1. The van der Waals surface area contributed by atoms with E-state index in [-0.39, 0.29) is 12.6 Å². The Morgan fingerprint density at radius 1 is 1.35 bits per heavy atom. The smallest absolute Gasteiger partial charge is 0.315 e. The fourth-order valence-corrected chi connectivity index (χ4v) is 1.94. The molecule has 7 nitrogen and oxygen atoms in total. The van der Waals surface area contributed by atoms with Crippen molar-refractivity contribution in [1.82, 2.24) is 20.4 Å². The minimum atomic E-state index is -0.899. The summed E-state index contributed by atoms with van der Waals surface area (Å²) in [5, 5.41) is 18.6. The van der Waals surface area contributed by atoms with E-state index in [0.29, 0.717) is 19.4 Å². The largest absolute Gasteiger partial charge is 0.481 e. The molecule has 1 rings (SSSR count). The molecule has 0 saturated heterocycles. The van der Waals surface area contributed by atoms with Gasteiger partial charge in [-0.1, -0.05) is 13.8 Å². The van der Waals surface area contributed by atoms with Crippen molar-refractivity contribution in [2.24, 2.45) is 12.5 Å². The van der Waals surface area contributed by atoms with Crippen LogP contribution >= 0.6 is 0 Å². The summed E-state index contributed by atoms with van der Waals surface area (Å²) >= 11 is 0. The maximum absolute atomic E-state index is 11.7. The van der Waals surface area contributed by atoms with Crippen LogP contribution in [0.25, 0.3) is 0 Å². The highest BCUT2D eigenvalue weighted by atomic mass is 16.4. The molecule has 1 heterocycles. The fraction of sp³-hybridized carbons (Fsp3) is 0.615. The summed E-state index contributed by atoms with van der Waals surface area (Å²) < 4.78 is 1.67. The van der Waals surface area contributed by atoms with E-state index in [4.69, 9.17) is 0 Å². The summed E-state index contributed by atoms with van der Waals surface area (Å²) in [5.74, 6) is -0.880. The Balaban J connectivity index is 2.46. The number of aromatic nitrogens is 2. The molecule has 3 N–H and O–H groups in total. The summed E-state index contributed by atoms with van der Waals surface area (Å²) in [6.45, 7) is 4.09. The third-order valence-corrected chi connectivity index (χ3v) is 3.75. The lowest BCUT2D eigenvalue weighted by Gasteiger charge is -2.26. The van der Waals surface area contributed by atoms with Crippen molar-refractivity contribution in [3.8, 4) is 0 Å². The molecular weight excluding hydrogens is 260 g/mol. The van der Waals surface area contributed by atoms with Gasteiger partial charge in [0.1, 0.15) is 0 Å². The van der Waals surface area contributed by atoms with Crippen molar-refractivity contribution in [2.45, 2.75) is 33.2 Å². The third kappa shape index (κ3) is 3.72. The fourth-order valence-electron chi connectivity index (χ4n) is 1.94. The molecule has 1 aromatic heterocycles. The summed E-state index contributed by atoms with van der Waals surface area (Å²) in [6, 6.07) is 1.43. The zero-order chi connectivity index (χ0) is 15.2. The quantitative estimate of drug-likeness (QED) is 0.698. The second-order valence-corrected chi connectivity index (χ2v) is 4.77. The van der Waals surface area contributed by atoms with Crippen LogP contribution in [0.15, 0.2) is 12.3 Å². The van der Waals surface area contributed by atoms with E-state index in [0.717, 1.165) is 5.69 Å². The summed E-state index contributed by atoms with van der Waals surface area (Å²) in [4.78, 5) is 23.0. The Hall–Kier alpha value is -2.05. The van der Waals surface area contributed by atoms with Gasteiger partial charge in [0.05, 0.1) is 17.7 Å². The van der Waals surface area contributed by atoms with Gasteiger partial charge in [-0.2, -0.15) is 5.10 Å². The molecule has 0 radical (unpaired) electrons. The standard InChI is InChI=1S/C13H22N4O3/c1-4-13(5-2,11(18)19)9-15-12(20)14-8-10-6-7-16-17(10)3/h6-7H,4-5,8-9H2,1-3H3,(H,18,19)(H2,14,15,20). The number of aliphatic carboxylic acids is 1. The molecule has 2 amide bonds. The molecule has 1 aromatic rings. The lowest BCUT2D eigenvalue weighted by molar-refractivity contribution is -0.149. The zero-order valence-electron chi connectivity index (χ0n) is 12.1. The van der Waals surface area contributed by atoms with Crippen molar-refractivity contribution >= 4 is 12.0 Å². The van der Waals surface area contributed by atoms with Gasteiger partial charge in [0.25, 0.3) is 0 Å². The average Bonchev–Trinajstić information content (AvgIpc) is 2.83. The summed E-state index contributed by atoms with van der Waals surface area (Å²) in [6.07, 6.45) is 2.60. The summed E-state index contributed by atoms with van der Waals surface area (Å²) in [7, 11) is 1.79. The minimum Gasteiger partial charge on any atom is -0.481 e. The molecule has 0 aliphatic heterocycles. The Morgan fingerprint density at radius 2 is 2.00 bits per heavy atom. The second-order valence-electron chi connectivity index (χ2n) is 4.77. The van der Waals surface area contributed by atoms with Crippen molar-refractivity contribution in [3.63, 3.8) is 0 Å². The van der Waals surface area contributed by atoms with Crippen molar-refractivity contribution in [1.29, 1.82) is 0 Å². The number of hydrogen-bond donors (Lipinski definition) is 3. The second kappa shape index (κ2) is 6.93. The van der Waals surface area contributed by atoms with Crippen LogP contribution in [-0.2, 0) is 18.4 Å². The lowest BCUT2D eigenvalue weighted by atomic mass is 9.82. The van der Waals surface area contributed by atoms with E-state index in [1.165, 1.54) is 0 Å². The minimum absolute atomic E-state index is 0.118. The first-order chi connectivity index (χ1) is 9.45. The number of carbonyl (C=O) groups excluding carboxylic acids is 1. The molecule has 0 bridgehead atoms. The van der Waals surface area contributed by atoms with Gasteiger partial charge in [-0.25, -0.2) is 4.79 Å². The number of nitrogens with one attached hydrogen (secondary N) is 2. The highest BCUT2D eigenvalue weighted by molar-refractivity contribution is 5.78. The van der Waals surface area contributed by atoms with Gasteiger partial charge in [0.2, 0.25) is 0 Å². The maximum Gasteiger partial charge on any atom is 0.315 e. The number of aryl methyl sites for hydroxylation is 1. The van der Waals surface area contributed by atoms with E-state index >= 15 is 0 Å². The lowest BCUT2D eigenvalue weighted by Crippen LogP contribution is -2.45. The van der Waals surface area contributed by atoms with Crippen LogP contribution in [0, 0.1) is 5.41 Å². The van der Waals surface area contributed by atoms with Gasteiger partial charge < -0.3 is 15.7 Å². The van der Waals surface area contributed by atoms with Crippen molar-refractivity contribution < 1.29 is 14.7 Å². The normalized spacial score (nSPS) is 11.2. The first kappa shape index (κ1) is 16.0. The molecule has 112 valence electrons. The van der Waals surface area contributed by atoms with Gasteiger partial charge in [0, 0.05) is 19.8 Å². The van der Waals surface area contributed by atoms with E-state index in [1.807, 2.05) is 13.8 Å². The predicted molar refractivity (Wildman–Crippen MR) is 74.1 cm³/mol. The topological polar surface area (TPSA) is 96.3 Å². The zero-order valence-corrected chi connectivity index (χ0v) is 12.1. The van der Waals surface area contributed by atoms with E-state index in [1.54, 1.807) is 24.0 Å². The molecular formula is C13H22N4O3. The Labute approximate surface area is 118 Å². The number of rotatable bonds is 7. The molecule has 0 saturated carbocycles. The van der Waals surface area contributed by atoms with Crippen LogP contribution in [-0.4, -0.2) is 33.4 Å².